The van der Waals surface area contributed by atoms with Gasteiger partial charge in [-0.05, 0) is 83.6 Å². The number of carboxylic acids is 2. The van der Waals surface area contributed by atoms with Crippen LogP contribution >= 0.6 is 12.6 Å². The highest BCUT2D eigenvalue weighted by Gasteiger charge is 2.36. The van der Waals surface area contributed by atoms with Gasteiger partial charge >= 0.3 is 11.9 Å². The van der Waals surface area contributed by atoms with Crippen LogP contribution in [0.3, 0.4) is 0 Å². The fourth-order valence-electron chi connectivity index (χ4n) is 6.45. The maximum Gasteiger partial charge on any atom is 0.326 e. The first-order valence-corrected chi connectivity index (χ1v) is 23.6. The molecule has 0 aliphatic heterocycles. The number of hydrogen-bond donors (Lipinski definition) is 18. The van der Waals surface area contributed by atoms with Crippen molar-refractivity contribution in [1.29, 1.82) is 0 Å². The summed E-state index contributed by atoms with van der Waals surface area (Å²) in [5, 5.41) is 46.5. The number of nitrogens with two attached hydrogens (primary N) is 7. The van der Waals surface area contributed by atoms with Crippen molar-refractivity contribution in [2.24, 2.45) is 56.0 Å². The number of hydrogen-bond acceptors (Lipinski definition) is 16. The topological polar surface area (TPSA) is 522 Å². The van der Waals surface area contributed by atoms with Gasteiger partial charge in [-0.25, -0.2) is 4.79 Å². The quantitative estimate of drug-likeness (QED) is 0.0119. The van der Waals surface area contributed by atoms with Gasteiger partial charge in [-0.1, -0.05) is 13.8 Å². The summed E-state index contributed by atoms with van der Waals surface area (Å²) < 4.78 is 0. The van der Waals surface area contributed by atoms with E-state index in [1.165, 1.54) is 0 Å². The molecule has 404 valence electrons. The Bertz CT molecular complexity index is 1850. The third-order valence-corrected chi connectivity index (χ3v) is 10.6. The van der Waals surface area contributed by atoms with Crippen LogP contribution in [0.2, 0.25) is 0 Å². The summed E-state index contributed by atoms with van der Waals surface area (Å²) in [6.45, 7) is 5.04. The van der Waals surface area contributed by atoms with Gasteiger partial charge in [-0.15, -0.1) is 0 Å². The summed E-state index contributed by atoms with van der Waals surface area (Å²) in [6.07, 6.45) is -2.65. The van der Waals surface area contributed by atoms with Crippen molar-refractivity contribution >= 4 is 83.7 Å². The first kappa shape index (κ1) is 64.5. The maximum absolute atomic E-state index is 14.0. The highest BCUT2D eigenvalue weighted by molar-refractivity contribution is 7.80. The number of aliphatic hydroxyl groups excluding tert-OH is 1. The monoisotopic (exact) mass is 1030 g/mol. The SMILES string of the molecule is CC(C)C[C@H](NC(=O)[C@@H](N)CCCN=C(N)N)C(=O)N[C@@H](CCC(N)=O)C(=O)N[C@@H](CCC(=O)O)C(=O)N[C@@H](CCCN=C(N)N)C(=O)N[C@H](C(=O)N[C@@H](CS)C(=O)N[C@@H](CCCCN)C(=O)O)[C@@H](C)O. The molecule has 0 aliphatic carbocycles. The highest BCUT2D eigenvalue weighted by atomic mass is 32.1. The number of rotatable bonds is 37. The zero-order chi connectivity index (χ0) is 54.4. The lowest BCUT2D eigenvalue weighted by molar-refractivity contribution is -0.142. The normalized spacial score (nSPS) is 14.8. The number of carbonyl (C=O) groups is 10. The second-order valence-electron chi connectivity index (χ2n) is 17.0. The zero-order valence-corrected chi connectivity index (χ0v) is 41.3. The van der Waals surface area contributed by atoms with E-state index in [9.17, 15) is 63.3 Å². The minimum atomic E-state index is -1.80. The van der Waals surface area contributed by atoms with Gasteiger partial charge in [0.15, 0.2) is 11.9 Å². The number of aliphatic imine (C=N–C) groups is 2. The molecule has 0 fully saturated rings. The number of amides is 8. The Morgan fingerprint density at radius 2 is 0.944 bits per heavy atom. The lowest BCUT2D eigenvalue weighted by Crippen LogP contribution is -2.62. The molecular formula is C41H76N16O13S. The van der Waals surface area contributed by atoms with Gasteiger partial charge in [0.25, 0.3) is 0 Å². The van der Waals surface area contributed by atoms with Crippen LogP contribution in [-0.2, 0) is 47.9 Å². The van der Waals surface area contributed by atoms with Crippen molar-refractivity contribution in [3.8, 4) is 0 Å². The summed E-state index contributed by atoms with van der Waals surface area (Å²) in [6, 6.07) is -11.9. The molecule has 0 radical (unpaired) electrons. The van der Waals surface area contributed by atoms with Crippen molar-refractivity contribution < 1.29 is 63.3 Å². The fraction of sp³-hybridized carbons (Fsp3) is 0.707. The second kappa shape index (κ2) is 34.7. The Kier molecular flexibility index (Phi) is 31.5. The van der Waals surface area contributed by atoms with Crippen molar-refractivity contribution in [2.45, 2.75) is 152 Å². The number of carbonyl (C=O) groups excluding carboxylic acids is 8. The van der Waals surface area contributed by atoms with Gasteiger partial charge in [0.2, 0.25) is 47.3 Å². The van der Waals surface area contributed by atoms with E-state index in [0.717, 1.165) is 6.92 Å². The standard InChI is InChI=1S/C41H76N16O13S/c1-20(2)18-27(55-32(62)22(43)8-6-16-49-40(45)46)36(66)53-24(11-13-29(44)59)33(63)52-25(12-14-30(60)61)34(64)51-23(10-7-17-50-41(47)48)35(65)57-31(21(3)58)38(68)56-28(19-71)37(67)54-26(39(69)70)9-4-5-15-42/h20-28,31,58,71H,4-19,42-43H2,1-3H3,(H2,44,59)(H,51,64)(H,52,63)(H,53,66)(H,54,67)(H,55,62)(H,56,68)(H,57,65)(H,60,61)(H,69,70)(H4,45,46,49)(H4,47,48,50)/t21-,22+,23+,24+,25+,26+,27+,28+,31+/m1/s1. The van der Waals surface area contributed by atoms with Gasteiger partial charge in [-0.3, -0.25) is 53.1 Å². The summed E-state index contributed by atoms with van der Waals surface area (Å²) in [5.41, 5.74) is 38.4. The molecule has 8 amide bonds. The molecule has 0 saturated carbocycles. The predicted octanol–water partition coefficient (Wildman–Crippen LogP) is -6.48. The molecule has 0 unspecified atom stereocenters. The molecule has 0 aliphatic rings. The number of primary amides is 1. The van der Waals surface area contributed by atoms with E-state index >= 15 is 0 Å². The third-order valence-electron chi connectivity index (χ3n) is 10.3. The molecule has 9 atom stereocenters. The van der Waals surface area contributed by atoms with Crippen LogP contribution in [0.1, 0.15) is 97.8 Å². The van der Waals surface area contributed by atoms with Crippen LogP contribution in [-0.4, -0.2) is 166 Å². The second-order valence-corrected chi connectivity index (χ2v) is 17.3. The first-order valence-electron chi connectivity index (χ1n) is 22.9. The fourth-order valence-corrected chi connectivity index (χ4v) is 6.71. The highest BCUT2D eigenvalue weighted by Crippen LogP contribution is 2.11. The number of aliphatic hydroxyl groups is 1. The van der Waals surface area contributed by atoms with Crippen molar-refractivity contribution in [3.05, 3.63) is 0 Å². The Morgan fingerprint density at radius 3 is 1.39 bits per heavy atom. The summed E-state index contributed by atoms with van der Waals surface area (Å²) >= 11 is 4.09. The minimum absolute atomic E-state index is 0.00402. The smallest absolute Gasteiger partial charge is 0.326 e. The Labute approximate surface area is 417 Å². The number of guanidine groups is 2. The largest absolute Gasteiger partial charge is 0.481 e. The maximum atomic E-state index is 14.0. The Balaban J connectivity index is 6.66. The van der Waals surface area contributed by atoms with Gasteiger partial charge < -0.3 is 92.7 Å². The molecular weight excluding hydrogens is 957 g/mol. The molecule has 71 heavy (non-hydrogen) atoms. The molecule has 24 N–H and O–H groups in total. The van der Waals surface area contributed by atoms with E-state index in [4.69, 9.17) is 40.1 Å². The molecule has 0 rings (SSSR count). The Morgan fingerprint density at radius 1 is 0.521 bits per heavy atom. The first-order chi connectivity index (χ1) is 33.2. The van der Waals surface area contributed by atoms with E-state index in [1.54, 1.807) is 13.8 Å². The van der Waals surface area contributed by atoms with Crippen LogP contribution in [0.15, 0.2) is 9.98 Å². The average molecular weight is 1030 g/mol. The van der Waals surface area contributed by atoms with E-state index < -0.39 is 139 Å². The predicted molar refractivity (Wildman–Crippen MR) is 262 cm³/mol. The van der Waals surface area contributed by atoms with Crippen LogP contribution in [0.25, 0.3) is 0 Å². The Hall–Kier alpha value is -6.53. The van der Waals surface area contributed by atoms with E-state index in [2.05, 4.69) is 59.8 Å². The molecule has 0 heterocycles. The molecule has 0 bridgehead atoms. The number of aliphatic carboxylic acids is 2. The van der Waals surface area contributed by atoms with E-state index in [0.29, 0.717) is 25.8 Å². The number of unbranched alkanes of at least 4 members (excludes halogenated alkanes) is 1. The summed E-state index contributed by atoms with van der Waals surface area (Å²) in [4.78, 5) is 138. The minimum Gasteiger partial charge on any atom is -0.481 e. The molecule has 0 spiro atoms. The van der Waals surface area contributed by atoms with E-state index in [-0.39, 0.29) is 68.8 Å². The molecule has 0 aromatic heterocycles. The van der Waals surface area contributed by atoms with Crippen molar-refractivity contribution in [1.82, 2.24) is 37.2 Å². The molecule has 0 aromatic rings. The molecule has 30 heteroatoms. The third kappa shape index (κ3) is 28.0. The van der Waals surface area contributed by atoms with Crippen molar-refractivity contribution in [3.63, 3.8) is 0 Å². The lowest BCUT2D eigenvalue weighted by Gasteiger charge is -2.28. The lowest BCUT2D eigenvalue weighted by atomic mass is 10.0. The number of nitrogens with one attached hydrogen (secondary N) is 7. The van der Waals surface area contributed by atoms with Crippen LogP contribution in [0.4, 0.5) is 0 Å². The molecule has 0 saturated heterocycles. The number of nitrogens with zero attached hydrogens (tertiary/aromatic N) is 2. The van der Waals surface area contributed by atoms with Gasteiger partial charge in [-0.2, -0.15) is 12.6 Å². The van der Waals surface area contributed by atoms with Gasteiger partial charge in [0.1, 0.15) is 42.3 Å². The molecule has 0 aromatic carbocycles. The zero-order valence-electron chi connectivity index (χ0n) is 40.4. The molecule has 29 nitrogen and oxygen atoms in total. The van der Waals surface area contributed by atoms with Crippen LogP contribution in [0, 0.1) is 5.92 Å². The average Bonchev–Trinajstić information content (AvgIpc) is 3.27. The summed E-state index contributed by atoms with van der Waals surface area (Å²) in [5.74, 6) is -11.6. The summed E-state index contributed by atoms with van der Waals surface area (Å²) in [7, 11) is 0. The number of carboxylic acid groups (broad SMARTS) is 2. The van der Waals surface area contributed by atoms with Gasteiger partial charge in [0, 0.05) is 31.7 Å². The number of thiol groups is 1. The van der Waals surface area contributed by atoms with Crippen LogP contribution < -0.4 is 77.4 Å². The van der Waals surface area contributed by atoms with E-state index in [1.807, 2.05) is 0 Å². The van der Waals surface area contributed by atoms with Crippen LogP contribution in [0.5, 0.6) is 0 Å². The van der Waals surface area contributed by atoms with Crippen molar-refractivity contribution in [2.75, 3.05) is 25.4 Å². The van der Waals surface area contributed by atoms with Gasteiger partial charge in [0.05, 0.1) is 12.1 Å².